The minimum absolute atomic E-state index is 0.302. The third-order valence-electron chi connectivity index (χ3n) is 2.89. The Labute approximate surface area is 84.5 Å². The molecule has 14 heavy (non-hydrogen) atoms. The van der Waals surface area contributed by atoms with E-state index < -0.39 is 0 Å². The maximum absolute atomic E-state index is 11.5. The number of allylic oxidation sites excluding steroid dienone is 2. The highest BCUT2D eigenvalue weighted by Gasteiger charge is 2.26. The van der Waals surface area contributed by atoms with Crippen molar-refractivity contribution in [1.29, 1.82) is 0 Å². The van der Waals surface area contributed by atoms with Crippen molar-refractivity contribution in [2.24, 2.45) is 5.92 Å². The van der Waals surface area contributed by atoms with Crippen LogP contribution in [0.1, 0.15) is 25.8 Å². The number of hydrogen-bond acceptors (Lipinski definition) is 1. The van der Waals surface area contributed by atoms with E-state index in [2.05, 4.69) is 19.1 Å². The quantitative estimate of drug-likeness (QED) is 0.658. The van der Waals surface area contributed by atoms with Crippen molar-refractivity contribution >= 4 is 11.4 Å². The van der Waals surface area contributed by atoms with Crippen LogP contribution in [0.2, 0.25) is 0 Å². The molecule has 1 atom stereocenters. The van der Waals surface area contributed by atoms with Crippen molar-refractivity contribution < 1.29 is 4.79 Å². The number of carbonyl (C=O) groups is 1. The lowest BCUT2D eigenvalue weighted by atomic mass is 9.95. The zero-order valence-corrected chi connectivity index (χ0v) is 8.58. The molecule has 1 heteroatoms. The van der Waals surface area contributed by atoms with Gasteiger partial charge < -0.3 is 0 Å². The first-order chi connectivity index (χ1) is 6.70. The van der Waals surface area contributed by atoms with E-state index in [1.54, 1.807) is 0 Å². The van der Waals surface area contributed by atoms with Gasteiger partial charge >= 0.3 is 0 Å². The van der Waals surface area contributed by atoms with Crippen LogP contribution in [-0.4, -0.2) is 5.78 Å². The maximum Gasteiger partial charge on any atom is 0.159 e. The van der Waals surface area contributed by atoms with Crippen LogP contribution in [0.5, 0.6) is 0 Å². The molecule has 1 aromatic rings. The Balaban J connectivity index is 2.49. The van der Waals surface area contributed by atoms with Gasteiger partial charge in [-0.3, -0.25) is 4.79 Å². The summed E-state index contributed by atoms with van der Waals surface area (Å²) in [6, 6.07) is 10.2. The molecule has 1 aliphatic rings. The van der Waals surface area contributed by atoms with E-state index in [1.807, 2.05) is 25.1 Å². The monoisotopic (exact) mass is 186 g/mol. The van der Waals surface area contributed by atoms with Crippen LogP contribution >= 0.6 is 0 Å². The Morgan fingerprint density at radius 3 is 2.36 bits per heavy atom. The molecule has 1 aliphatic carbocycles. The van der Waals surface area contributed by atoms with Crippen molar-refractivity contribution in [2.45, 2.75) is 20.3 Å². The smallest absolute Gasteiger partial charge is 0.159 e. The molecule has 0 aromatic heterocycles. The van der Waals surface area contributed by atoms with Gasteiger partial charge in [0.15, 0.2) is 5.78 Å². The normalized spacial score (nSPS) is 21.9. The van der Waals surface area contributed by atoms with Crippen LogP contribution < -0.4 is 0 Å². The first kappa shape index (κ1) is 9.20. The highest BCUT2D eigenvalue weighted by atomic mass is 16.1. The topological polar surface area (TPSA) is 17.1 Å². The molecule has 0 spiro atoms. The molecule has 0 heterocycles. The van der Waals surface area contributed by atoms with Crippen molar-refractivity contribution in [3.63, 3.8) is 0 Å². The molecule has 0 N–H and O–H groups in total. The van der Waals surface area contributed by atoms with E-state index in [4.69, 9.17) is 0 Å². The van der Waals surface area contributed by atoms with E-state index in [1.165, 1.54) is 11.1 Å². The van der Waals surface area contributed by atoms with Crippen LogP contribution in [0, 0.1) is 5.92 Å². The van der Waals surface area contributed by atoms with Gasteiger partial charge in [-0.05, 0) is 29.6 Å². The largest absolute Gasteiger partial charge is 0.295 e. The summed E-state index contributed by atoms with van der Waals surface area (Å²) < 4.78 is 0. The molecule has 0 saturated heterocycles. The van der Waals surface area contributed by atoms with Gasteiger partial charge in [0.1, 0.15) is 0 Å². The van der Waals surface area contributed by atoms with Gasteiger partial charge in [-0.2, -0.15) is 0 Å². The molecule has 1 aromatic carbocycles. The molecule has 0 bridgehead atoms. The SMILES string of the molecule is CC1=C(c2ccccc2)C(C)CC1=O. The predicted octanol–water partition coefficient (Wildman–Crippen LogP) is 3.07. The van der Waals surface area contributed by atoms with Gasteiger partial charge in [0.25, 0.3) is 0 Å². The van der Waals surface area contributed by atoms with Gasteiger partial charge in [-0.1, -0.05) is 37.3 Å². The van der Waals surface area contributed by atoms with Gasteiger partial charge in [-0.25, -0.2) is 0 Å². The molecule has 0 saturated carbocycles. The van der Waals surface area contributed by atoms with E-state index in [0.717, 1.165) is 5.57 Å². The third kappa shape index (κ3) is 1.39. The van der Waals surface area contributed by atoms with E-state index >= 15 is 0 Å². The Hall–Kier alpha value is -1.37. The van der Waals surface area contributed by atoms with Crippen LogP contribution in [-0.2, 0) is 4.79 Å². The molecular formula is C13H14O. The summed E-state index contributed by atoms with van der Waals surface area (Å²) in [5.41, 5.74) is 3.38. The Morgan fingerprint density at radius 2 is 1.86 bits per heavy atom. The zero-order chi connectivity index (χ0) is 10.1. The van der Waals surface area contributed by atoms with Crippen LogP contribution in [0.3, 0.4) is 0 Å². The van der Waals surface area contributed by atoms with Crippen LogP contribution in [0.25, 0.3) is 5.57 Å². The predicted molar refractivity (Wildman–Crippen MR) is 57.8 cm³/mol. The molecule has 1 unspecified atom stereocenters. The standard InChI is InChI=1S/C13H14O/c1-9-8-12(14)10(2)13(9)11-6-4-3-5-7-11/h3-7,9H,8H2,1-2H3. The fourth-order valence-electron chi connectivity index (χ4n) is 2.17. The minimum Gasteiger partial charge on any atom is -0.295 e. The highest BCUT2D eigenvalue weighted by molar-refractivity contribution is 6.07. The number of rotatable bonds is 1. The van der Waals surface area contributed by atoms with Crippen LogP contribution in [0.4, 0.5) is 0 Å². The molecule has 2 rings (SSSR count). The van der Waals surface area contributed by atoms with E-state index in [9.17, 15) is 4.79 Å². The summed E-state index contributed by atoms with van der Waals surface area (Å²) in [5, 5.41) is 0. The molecule has 1 nitrogen and oxygen atoms in total. The van der Waals surface area contributed by atoms with Crippen molar-refractivity contribution in [1.82, 2.24) is 0 Å². The maximum atomic E-state index is 11.5. The fraction of sp³-hybridized carbons (Fsp3) is 0.308. The number of Topliss-reactive ketones (excluding diaryl/α,β-unsaturated/α-hetero) is 1. The third-order valence-corrected chi connectivity index (χ3v) is 2.89. The number of hydrogen-bond donors (Lipinski definition) is 0. The molecule has 0 fully saturated rings. The lowest BCUT2D eigenvalue weighted by Gasteiger charge is -2.08. The van der Waals surface area contributed by atoms with Crippen molar-refractivity contribution in [3.05, 3.63) is 41.5 Å². The van der Waals surface area contributed by atoms with Crippen molar-refractivity contribution in [2.75, 3.05) is 0 Å². The Bertz CT molecular complexity index is 387. The number of ketones is 1. The lowest BCUT2D eigenvalue weighted by molar-refractivity contribution is -0.115. The molecule has 0 amide bonds. The minimum atomic E-state index is 0.302. The summed E-state index contributed by atoms with van der Waals surface area (Å²) in [5.74, 6) is 0.682. The molecule has 72 valence electrons. The average molecular weight is 186 g/mol. The average Bonchev–Trinajstić information content (AvgIpc) is 2.43. The lowest BCUT2D eigenvalue weighted by Crippen LogP contribution is -1.94. The van der Waals surface area contributed by atoms with Gasteiger partial charge in [0, 0.05) is 6.42 Å². The van der Waals surface area contributed by atoms with Gasteiger partial charge in [0.2, 0.25) is 0 Å². The number of carbonyl (C=O) groups excluding carboxylic acids is 1. The summed E-state index contributed by atoms with van der Waals surface area (Å²) in [7, 11) is 0. The van der Waals surface area contributed by atoms with Crippen molar-refractivity contribution in [3.8, 4) is 0 Å². The van der Waals surface area contributed by atoms with E-state index in [0.29, 0.717) is 18.1 Å². The number of benzene rings is 1. The summed E-state index contributed by atoms with van der Waals surface area (Å²) >= 11 is 0. The first-order valence-corrected chi connectivity index (χ1v) is 4.99. The fourth-order valence-corrected chi connectivity index (χ4v) is 2.17. The van der Waals surface area contributed by atoms with Crippen LogP contribution in [0.15, 0.2) is 35.9 Å². The van der Waals surface area contributed by atoms with Gasteiger partial charge in [0.05, 0.1) is 0 Å². The Kier molecular flexibility index (Phi) is 2.24. The Morgan fingerprint density at radius 1 is 1.21 bits per heavy atom. The summed E-state index contributed by atoms with van der Waals surface area (Å²) in [6.07, 6.45) is 0.677. The second kappa shape index (κ2) is 3.41. The second-order valence-electron chi connectivity index (χ2n) is 3.93. The summed E-state index contributed by atoms with van der Waals surface area (Å²) in [6.45, 7) is 4.06. The zero-order valence-electron chi connectivity index (χ0n) is 8.58. The molecule has 0 radical (unpaired) electrons. The second-order valence-corrected chi connectivity index (χ2v) is 3.93. The van der Waals surface area contributed by atoms with Gasteiger partial charge in [-0.15, -0.1) is 0 Å². The first-order valence-electron chi connectivity index (χ1n) is 4.99. The highest BCUT2D eigenvalue weighted by Crippen LogP contribution is 2.35. The summed E-state index contributed by atoms with van der Waals surface area (Å²) in [4.78, 5) is 11.5. The van der Waals surface area contributed by atoms with E-state index in [-0.39, 0.29) is 0 Å². The molecular weight excluding hydrogens is 172 g/mol. The molecule has 0 aliphatic heterocycles.